The third-order valence-corrected chi connectivity index (χ3v) is 4.84. The zero-order valence-electron chi connectivity index (χ0n) is 14.8. The predicted molar refractivity (Wildman–Crippen MR) is 106 cm³/mol. The Morgan fingerprint density at radius 3 is 2.70 bits per heavy atom. The van der Waals surface area contributed by atoms with Gasteiger partial charge in [-0.3, -0.25) is 4.79 Å². The van der Waals surface area contributed by atoms with Crippen molar-refractivity contribution in [1.82, 2.24) is 14.5 Å². The van der Waals surface area contributed by atoms with Gasteiger partial charge in [-0.2, -0.15) is 0 Å². The number of anilines is 1. The third kappa shape index (κ3) is 3.98. The largest absolute Gasteiger partial charge is 0.486 e. The van der Waals surface area contributed by atoms with E-state index in [-0.39, 0.29) is 19.1 Å². The molecule has 0 bridgehead atoms. The minimum Gasteiger partial charge on any atom is -0.486 e. The van der Waals surface area contributed by atoms with Crippen molar-refractivity contribution in [3.05, 3.63) is 71.5 Å². The quantitative estimate of drug-likeness (QED) is 0.550. The van der Waals surface area contributed by atoms with Gasteiger partial charge in [-0.15, -0.1) is 11.3 Å². The number of fused-ring (bicyclic) bond motifs is 1. The van der Waals surface area contributed by atoms with Crippen molar-refractivity contribution in [2.45, 2.75) is 20.1 Å². The van der Waals surface area contributed by atoms with E-state index in [1.54, 1.807) is 6.20 Å². The van der Waals surface area contributed by atoms with Gasteiger partial charge >= 0.3 is 0 Å². The minimum atomic E-state index is -0.145. The second-order valence-corrected chi connectivity index (χ2v) is 7.26. The highest BCUT2D eigenvalue weighted by Gasteiger charge is 2.15. The number of carbonyl (C=O) groups is 1. The van der Waals surface area contributed by atoms with Crippen LogP contribution in [0.3, 0.4) is 0 Å². The zero-order valence-corrected chi connectivity index (χ0v) is 15.6. The average molecular weight is 378 g/mol. The summed E-state index contributed by atoms with van der Waals surface area (Å²) >= 11 is 1.45. The highest BCUT2D eigenvalue weighted by atomic mass is 32.1. The molecule has 0 atom stereocenters. The Bertz CT molecular complexity index is 1070. The number of thiazole rings is 1. The first-order valence-corrected chi connectivity index (χ1v) is 9.35. The molecule has 0 spiro atoms. The Morgan fingerprint density at radius 2 is 1.93 bits per heavy atom. The fourth-order valence-electron chi connectivity index (χ4n) is 2.79. The average Bonchev–Trinajstić information content (AvgIpc) is 3.24. The number of nitrogens with one attached hydrogen (secondary N) is 1. The number of ether oxygens (including phenoxy) is 1. The molecule has 0 aliphatic heterocycles. The molecule has 4 rings (SSSR count). The molecule has 2 aromatic heterocycles. The van der Waals surface area contributed by atoms with Crippen LogP contribution in [0.2, 0.25) is 0 Å². The van der Waals surface area contributed by atoms with E-state index in [9.17, 15) is 4.79 Å². The Balaban J connectivity index is 1.56. The summed E-state index contributed by atoms with van der Waals surface area (Å²) < 4.78 is 7.72. The molecule has 1 amide bonds. The summed E-state index contributed by atoms with van der Waals surface area (Å²) in [6.07, 6.45) is 1.74. The minimum absolute atomic E-state index is 0.145. The van der Waals surface area contributed by atoms with Crippen molar-refractivity contribution in [1.29, 1.82) is 0 Å². The van der Waals surface area contributed by atoms with Crippen LogP contribution in [0, 0.1) is 6.92 Å². The maximum absolute atomic E-state index is 12.5. The van der Waals surface area contributed by atoms with Crippen molar-refractivity contribution in [2.24, 2.45) is 0 Å². The molecule has 1 N–H and O–H groups in total. The smallest absolute Gasteiger partial charge is 0.246 e. The normalized spacial score (nSPS) is 10.9. The van der Waals surface area contributed by atoms with E-state index in [1.165, 1.54) is 11.3 Å². The van der Waals surface area contributed by atoms with Gasteiger partial charge in [-0.1, -0.05) is 30.3 Å². The molecule has 2 aromatic carbocycles. The Labute approximate surface area is 160 Å². The van der Waals surface area contributed by atoms with Crippen LogP contribution in [0.5, 0.6) is 5.75 Å². The molecule has 0 fully saturated rings. The molecule has 6 nitrogen and oxygen atoms in total. The van der Waals surface area contributed by atoms with Crippen molar-refractivity contribution in [3.8, 4) is 5.75 Å². The van der Waals surface area contributed by atoms with Gasteiger partial charge in [0, 0.05) is 11.1 Å². The maximum atomic E-state index is 12.5. The summed E-state index contributed by atoms with van der Waals surface area (Å²) in [5.41, 5.74) is 1.73. The molecule has 27 heavy (non-hydrogen) atoms. The highest BCUT2D eigenvalue weighted by Crippen LogP contribution is 2.20. The van der Waals surface area contributed by atoms with Gasteiger partial charge in [-0.05, 0) is 31.2 Å². The van der Waals surface area contributed by atoms with E-state index in [4.69, 9.17) is 4.74 Å². The monoisotopic (exact) mass is 378 g/mol. The van der Waals surface area contributed by atoms with Crippen molar-refractivity contribution in [3.63, 3.8) is 0 Å². The first-order chi connectivity index (χ1) is 13.2. The van der Waals surface area contributed by atoms with Crippen LogP contribution in [0.15, 0.2) is 60.8 Å². The molecule has 7 heteroatoms. The summed E-state index contributed by atoms with van der Waals surface area (Å²) in [7, 11) is 0. The summed E-state index contributed by atoms with van der Waals surface area (Å²) in [6.45, 7) is 2.38. The summed E-state index contributed by atoms with van der Waals surface area (Å²) in [4.78, 5) is 22.4. The van der Waals surface area contributed by atoms with Crippen LogP contribution < -0.4 is 10.1 Å². The standard InChI is InChI=1S/C20H18N4O2S/c1-14-11-21-20(27-14)23-19(25)12-24-17-10-6-5-9-16(17)22-18(24)13-26-15-7-3-2-4-8-15/h2-11H,12-13H2,1H3,(H,21,23,25). The second kappa shape index (κ2) is 7.59. The van der Waals surface area contributed by atoms with Gasteiger partial charge in [0.15, 0.2) is 5.13 Å². The summed E-state index contributed by atoms with van der Waals surface area (Å²) in [6, 6.07) is 17.3. The molecule has 0 saturated carbocycles. The van der Waals surface area contributed by atoms with E-state index < -0.39 is 0 Å². The first kappa shape index (κ1) is 17.2. The lowest BCUT2D eigenvalue weighted by molar-refractivity contribution is -0.116. The zero-order chi connectivity index (χ0) is 18.6. The van der Waals surface area contributed by atoms with Crippen molar-refractivity contribution in [2.75, 3.05) is 5.32 Å². The number of hydrogen-bond donors (Lipinski definition) is 1. The lowest BCUT2D eigenvalue weighted by Gasteiger charge is -2.10. The van der Waals surface area contributed by atoms with Gasteiger partial charge in [0.05, 0.1) is 11.0 Å². The Hall–Kier alpha value is -3.19. The number of carbonyl (C=O) groups excluding carboxylic acids is 1. The van der Waals surface area contributed by atoms with E-state index in [2.05, 4.69) is 15.3 Å². The van der Waals surface area contributed by atoms with E-state index in [1.807, 2.05) is 66.1 Å². The van der Waals surface area contributed by atoms with Gasteiger partial charge in [0.2, 0.25) is 5.91 Å². The fourth-order valence-corrected chi connectivity index (χ4v) is 3.47. The van der Waals surface area contributed by atoms with Crippen LogP contribution in [-0.2, 0) is 17.9 Å². The molecule has 0 unspecified atom stereocenters. The highest BCUT2D eigenvalue weighted by molar-refractivity contribution is 7.15. The number of amides is 1. The number of para-hydroxylation sites is 3. The Morgan fingerprint density at radius 1 is 1.15 bits per heavy atom. The van der Waals surface area contributed by atoms with Gasteiger partial charge in [-0.25, -0.2) is 9.97 Å². The molecule has 0 saturated heterocycles. The van der Waals surface area contributed by atoms with Crippen LogP contribution in [0.25, 0.3) is 11.0 Å². The SMILES string of the molecule is Cc1cnc(NC(=O)Cn2c(COc3ccccc3)nc3ccccc32)s1. The van der Waals surface area contributed by atoms with Gasteiger partial charge in [0.25, 0.3) is 0 Å². The van der Waals surface area contributed by atoms with E-state index in [0.29, 0.717) is 11.0 Å². The second-order valence-electron chi connectivity index (χ2n) is 6.03. The van der Waals surface area contributed by atoms with Crippen LogP contribution in [0.4, 0.5) is 5.13 Å². The van der Waals surface area contributed by atoms with E-state index in [0.717, 1.165) is 21.7 Å². The number of rotatable bonds is 6. The fraction of sp³-hybridized carbons (Fsp3) is 0.150. The lowest BCUT2D eigenvalue weighted by Crippen LogP contribution is -2.20. The predicted octanol–water partition coefficient (Wildman–Crippen LogP) is 4.02. The topological polar surface area (TPSA) is 69.0 Å². The number of hydrogen-bond acceptors (Lipinski definition) is 5. The van der Waals surface area contributed by atoms with Crippen LogP contribution in [-0.4, -0.2) is 20.4 Å². The molecular formula is C20H18N4O2S. The van der Waals surface area contributed by atoms with Crippen LogP contribution in [0.1, 0.15) is 10.7 Å². The number of imidazole rings is 1. The van der Waals surface area contributed by atoms with Crippen molar-refractivity contribution < 1.29 is 9.53 Å². The van der Waals surface area contributed by atoms with Gasteiger partial charge in [0.1, 0.15) is 24.7 Å². The Kier molecular flexibility index (Phi) is 4.84. The van der Waals surface area contributed by atoms with Crippen molar-refractivity contribution >= 4 is 33.4 Å². The van der Waals surface area contributed by atoms with Gasteiger partial charge < -0.3 is 14.6 Å². The number of benzene rings is 2. The molecule has 0 aliphatic carbocycles. The van der Waals surface area contributed by atoms with Crippen LogP contribution >= 0.6 is 11.3 Å². The number of nitrogens with zero attached hydrogens (tertiary/aromatic N) is 3. The summed E-state index contributed by atoms with van der Waals surface area (Å²) in [5.74, 6) is 1.32. The van der Waals surface area contributed by atoms with E-state index >= 15 is 0 Å². The lowest BCUT2D eigenvalue weighted by atomic mass is 10.3. The number of aryl methyl sites for hydroxylation is 1. The maximum Gasteiger partial charge on any atom is 0.246 e. The first-order valence-electron chi connectivity index (χ1n) is 8.53. The molecule has 136 valence electrons. The molecular weight excluding hydrogens is 360 g/mol. The molecule has 0 radical (unpaired) electrons. The number of aromatic nitrogens is 3. The third-order valence-electron chi connectivity index (χ3n) is 4.01. The molecule has 0 aliphatic rings. The summed E-state index contributed by atoms with van der Waals surface area (Å²) in [5, 5.41) is 3.45. The molecule has 2 heterocycles. The molecule has 4 aromatic rings.